The summed E-state index contributed by atoms with van der Waals surface area (Å²) in [6, 6.07) is 16.9. The Kier molecular flexibility index (Phi) is 7.91. The Hall–Kier alpha value is -0.806. The van der Waals surface area contributed by atoms with Gasteiger partial charge in [-0.2, -0.15) is 35.4 Å². The molecule has 0 amide bonds. The second-order valence-electron chi connectivity index (χ2n) is 4.75. The van der Waals surface area contributed by atoms with Crippen molar-refractivity contribution in [2.75, 3.05) is 0 Å². The predicted octanol–water partition coefficient (Wildman–Crippen LogP) is 5.06. The summed E-state index contributed by atoms with van der Waals surface area (Å²) in [5.74, 6) is 1.37. The van der Waals surface area contributed by atoms with Crippen molar-refractivity contribution in [3.05, 3.63) is 59.7 Å². The third-order valence-electron chi connectivity index (χ3n) is 2.71. The second-order valence-corrected chi connectivity index (χ2v) is 4.75. The molecule has 0 aromatic heterocycles. The molecule has 0 bridgehead atoms. The van der Waals surface area contributed by atoms with Crippen molar-refractivity contribution in [1.82, 2.24) is 0 Å². The van der Waals surface area contributed by atoms with E-state index >= 15 is 0 Å². The first kappa shape index (κ1) is 16.2. The van der Waals surface area contributed by atoms with E-state index < -0.39 is 0 Å². The molecular formula is C16H22Ni. The predicted molar refractivity (Wildman–Crippen MR) is 72.2 cm³/mol. The summed E-state index contributed by atoms with van der Waals surface area (Å²) in [5, 5.41) is 0. The van der Waals surface area contributed by atoms with Gasteiger partial charge in [0.05, 0.1) is 0 Å². The first-order valence-electron chi connectivity index (χ1n) is 6.04. The number of hydrogen-bond acceptors (Lipinski definition) is 0. The summed E-state index contributed by atoms with van der Waals surface area (Å²) in [6.45, 7) is 8.81. The van der Waals surface area contributed by atoms with Crippen molar-refractivity contribution < 1.29 is 16.5 Å². The molecule has 0 saturated carbocycles. The fourth-order valence-electron chi connectivity index (χ4n) is 1.55. The van der Waals surface area contributed by atoms with Crippen molar-refractivity contribution in [1.29, 1.82) is 0 Å². The van der Waals surface area contributed by atoms with E-state index in [0.717, 1.165) is 0 Å². The molecule has 96 valence electrons. The summed E-state index contributed by atoms with van der Waals surface area (Å²) in [7, 11) is 0. The van der Waals surface area contributed by atoms with Crippen LogP contribution in [-0.2, 0) is 16.5 Å². The van der Waals surface area contributed by atoms with Crippen LogP contribution in [0.15, 0.2) is 48.5 Å². The van der Waals surface area contributed by atoms with E-state index in [1.165, 1.54) is 11.1 Å². The smallest absolute Gasteiger partial charge is 0.213 e. The van der Waals surface area contributed by atoms with Gasteiger partial charge < -0.3 is 0 Å². The van der Waals surface area contributed by atoms with Gasteiger partial charge in [-0.15, -0.1) is 0 Å². The van der Waals surface area contributed by atoms with Crippen LogP contribution in [0.25, 0.3) is 0 Å². The molecule has 0 spiro atoms. The fourth-order valence-corrected chi connectivity index (χ4v) is 1.55. The van der Waals surface area contributed by atoms with Crippen LogP contribution in [0.5, 0.6) is 0 Å². The SMILES string of the molecule is CC(C)c1ccc[cH-]1.CC(C)c1ccc[cH-]1.[Ni+2]. The maximum atomic E-state index is 2.20. The zero-order valence-corrected chi connectivity index (χ0v) is 12.1. The molecule has 0 nitrogen and oxygen atoms in total. The van der Waals surface area contributed by atoms with Gasteiger partial charge in [0, 0.05) is 0 Å². The molecule has 0 heterocycles. The third kappa shape index (κ3) is 5.89. The van der Waals surface area contributed by atoms with Gasteiger partial charge in [0.25, 0.3) is 0 Å². The molecule has 0 aliphatic carbocycles. The summed E-state index contributed by atoms with van der Waals surface area (Å²) < 4.78 is 0. The minimum Gasteiger partial charge on any atom is -0.213 e. The van der Waals surface area contributed by atoms with Gasteiger partial charge in [0.1, 0.15) is 0 Å². The van der Waals surface area contributed by atoms with Gasteiger partial charge in [0.2, 0.25) is 0 Å². The van der Waals surface area contributed by atoms with E-state index in [2.05, 4.69) is 76.2 Å². The summed E-state index contributed by atoms with van der Waals surface area (Å²) in [6.07, 6.45) is 0. The molecule has 0 N–H and O–H groups in total. The van der Waals surface area contributed by atoms with Crippen molar-refractivity contribution >= 4 is 0 Å². The molecule has 0 unspecified atom stereocenters. The average Bonchev–Trinajstić information content (AvgIpc) is 2.93. The Morgan fingerprint density at radius 1 is 0.765 bits per heavy atom. The van der Waals surface area contributed by atoms with Gasteiger partial charge in [-0.3, -0.25) is 0 Å². The average molecular weight is 273 g/mol. The molecule has 0 fully saturated rings. The van der Waals surface area contributed by atoms with Crippen LogP contribution in [0.2, 0.25) is 0 Å². The van der Waals surface area contributed by atoms with Crippen LogP contribution in [0.4, 0.5) is 0 Å². The van der Waals surface area contributed by atoms with Gasteiger partial charge in [-0.25, -0.2) is 24.3 Å². The maximum absolute atomic E-state index is 2.20. The first-order valence-corrected chi connectivity index (χ1v) is 6.04. The molecule has 0 aliphatic rings. The monoisotopic (exact) mass is 272 g/mol. The van der Waals surface area contributed by atoms with Gasteiger partial charge in [0.15, 0.2) is 0 Å². The molecule has 2 rings (SSSR count). The van der Waals surface area contributed by atoms with Crippen molar-refractivity contribution in [2.45, 2.75) is 39.5 Å². The Morgan fingerprint density at radius 3 is 1.24 bits per heavy atom. The van der Waals surface area contributed by atoms with E-state index in [-0.39, 0.29) is 16.5 Å². The van der Waals surface area contributed by atoms with Gasteiger partial charge in [-0.1, -0.05) is 27.7 Å². The van der Waals surface area contributed by atoms with E-state index in [1.807, 2.05) is 0 Å². The van der Waals surface area contributed by atoms with Crippen molar-refractivity contribution in [2.24, 2.45) is 0 Å². The molecule has 0 radical (unpaired) electrons. The number of hydrogen-bond donors (Lipinski definition) is 0. The van der Waals surface area contributed by atoms with E-state index in [1.54, 1.807) is 0 Å². The van der Waals surface area contributed by atoms with Crippen LogP contribution in [-0.4, -0.2) is 0 Å². The molecule has 2 aromatic rings. The molecule has 0 atom stereocenters. The Labute approximate surface area is 116 Å². The first-order chi connectivity index (χ1) is 7.61. The minimum atomic E-state index is 0. The Balaban J connectivity index is 0.000000284. The van der Waals surface area contributed by atoms with Crippen LogP contribution >= 0.6 is 0 Å². The molecule has 17 heavy (non-hydrogen) atoms. The van der Waals surface area contributed by atoms with Crippen molar-refractivity contribution in [3.63, 3.8) is 0 Å². The van der Waals surface area contributed by atoms with Crippen LogP contribution in [0.3, 0.4) is 0 Å². The van der Waals surface area contributed by atoms with Crippen LogP contribution in [0, 0.1) is 0 Å². The Bertz CT molecular complexity index is 314. The van der Waals surface area contributed by atoms with Gasteiger partial charge in [-0.05, 0) is 11.8 Å². The zero-order chi connectivity index (χ0) is 12.0. The maximum Gasteiger partial charge on any atom is 2.00 e. The fraction of sp³-hybridized carbons (Fsp3) is 0.375. The quantitative estimate of drug-likeness (QED) is 0.530. The Morgan fingerprint density at radius 2 is 1.12 bits per heavy atom. The third-order valence-corrected chi connectivity index (χ3v) is 2.71. The molecule has 0 aliphatic heterocycles. The molecule has 1 heteroatoms. The normalized spacial score (nSPS) is 9.76. The largest absolute Gasteiger partial charge is 2.00 e. The zero-order valence-electron chi connectivity index (χ0n) is 11.1. The standard InChI is InChI=1S/2C8H11.Ni/c2*1-7(2)8-5-3-4-6-8;/h2*3-7H,1-2H3;/q2*-1;+2. The van der Waals surface area contributed by atoms with Crippen LogP contribution < -0.4 is 0 Å². The molecule has 0 saturated heterocycles. The number of rotatable bonds is 2. The molecular weight excluding hydrogens is 251 g/mol. The topological polar surface area (TPSA) is 0 Å². The second kappa shape index (κ2) is 8.31. The van der Waals surface area contributed by atoms with E-state index in [9.17, 15) is 0 Å². The van der Waals surface area contributed by atoms with E-state index in [4.69, 9.17) is 0 Å². The summed E-state index contributed by atoms with van der Waals surface area (Å²) in [5.41, 5.74) is 2.87. The van der Waals surface area contributed by atoms with Crippen LogP contribution in [0.1, 0.15) is 50.7 Å². The van der Waals surface area contributed by atoms with Crippen molar-refractivity contribution in [3.8, 4) is 0 Å². The summed E-state index contributed by atoms with van der Waals surface area (Å²) in [4.78, 5) is 0. The van der Waals surface area contributed by atoms with Gasteiger partial charge >= 0.3 is 16.5 Å². The minimum absolute atomic E-state index is 0. The summed E-state index contributed by atoms with van der Waals surface area (Å²) >= 11 is 0. The van der Waals surface area contributed by atoms with E-state index in [0.29, 0.717) is 11.8 Å². The molecule has 2 aromatic carbocycles.